The Balaban J connectivity index is 1.42. The highest BCUT2D eigenvalue weighted by Crippen LogP contribution is 2.29. The molecule has 0 aliphatic heterocycles. The molecule has 5 rings (SSSR count). The number of aromatic nitrogens is 3. The summed E-state index contributed by atoms with van der Waals surface area (Å²) in [5, 5.41) is 4.74. The number of fused-ring (bicyclic) bond motifs is 1. The molecule has 0 bridgehead atoms. The lowest BCUT2D eigenvalue weighted by Crippen LogP contribution is -2.04. The first-order valence-corrected chi connectivity index (χ1v) is 10.9. The summed E-state index contributed by atoms with van der Waals surface area (Å²) in [7, 11) is 1.36. The van der Waals surface area contributed by atoms with Crippen molar-refractivity contribution in [2.45, 2.75) is 6.54 Å². The average molecular weight is 471 g/mol. The van der Waals surface area contributed by atoms with Crippen LogP contribution in [0.15, 0.2) is 83.6 Å². The molecule has 0 amide bonds. The van der Waals surface area contributed by atoms with Gasteiger partial charge in [-0.3, -0.25) is 4.98 Å². The Hall–Kier alpha value is -4.07. The van der Waals surface area contributed by atoms with Gasteiger partial charge in [-0.15, -0.1) is 0 Å². The van der Waals surface area contributed by atoms with E-state index in [4.69, 9.17) is 26.0 Å². The summed E-state index contributed by atoms with van der Waals surface area (Å²) in [6.07, 6.45) is 3.28. The van der Waals surface area contributed by atoms with Crippen molar-refractivity contribution in [3.63, 3.8) is 0 Å². The number of carbonyl (C=O) groups excluding carboxylic acids is 1. The van der Waals surface area contributed by atoms with Gasteiger partial charge >= 0.3 is 5.97 Å². The lowest BCUT2D eigenvalue weighted by molar-refractivity contribution is 0.0603. The van der Waals surface area contributed by atoms with Gasteiger partial charge in [0.1, 0.15) is 5.69 Å². The number of benzene rings is 2. The zero-order chi connectivity index (χ0) is 23.5. The van der Waals surface area contributed by atoms with Crippen molar-refractivity contribution in [1.29, 1.82) is 0 Å². The Bertz CT molecular complexity index is 1460. The molecule has 5 aromatic rings. The van der Waals surface area contributed by atoms with Crippen molar-refractivity contribution in [3.05, 3.63) is 90.4 Å². The molecule has 0 aliphatic rings. The van der Waals surface area contributed by atoms with Crippen molar-refractivity contribution in [3.8, 4) is 33.6 Å². The molecule has 7 nitrogen and oxygen atoms in total. The number of esters is 1. The number of hydrogen-bond acceptors (Lipinski definition) is 7. The minimum atomic E-state index is -0.420. The average Bonchev–Trinajstić information content (AvgIpc) is 3.36. The first kappa shape index (κ1) is 21.8. The highest BCUT2D eigenvalue weighted by Gasteiger charge is 2.15. The van der Waals surface area contributed by atoms with Gasteiger partial charge in [0.25, 0.3) is 0 Å². The van der Waals surface area contributed by atoms with Crippen molar-refractivity contribution >= 4 is 28.6 Å². The van der Waals surface area contributed by atoms with E-state index < -0.39 is 5.97 Å². The molecule has 0 spiro atoms. The lowest BCUT2D eigenvalue weighted by atomic mass is 10.00. The Morgan fingerprint density at radius 2 is 1.59 bits per heavy atom. The van der Waals surface area contributed by atoms with Crippen LogP contribution in [0.25, 0.3) is 44.5 Å². The third-order valence-corrected chi connectivity index (χ3v) is 5.64. The van der Waals surface area contributed by atoms with Crippen molar-refractivity contribution in [2.24, 2.45) is 0 Å². The number of carbonyl (C=O) groups is 1. The van der Waals surface area contributed by atoms with Gasteiger partial charge in [0.2, 0.25) is 0 Å². The van der Waals surface area contributed by atoms with E-state index in [1.54, 1.807) is 24.5 Å². The van der Waals surface area contributed by atoms with Crippen molar-refractivity contribution < 1.29 is 14.1 Å². The van der Waals surface area contributed by atoms with E-state index in [2.05, 4.69) is 15.0 Å². The van der Waals surface area contributed by atoms with E-state index in [1.165, 1.54) is 7.11 Å². The summed E-state index contributed by atoms with van der Waals surface area (Å²) >= 11 is 5.52. The standard InChI is InChI=1S/C26H19ClN4O3/c1-33-26(32)21-13-24(30-23-10-11-28-15-22(21)23)18-6-2-16(3-7-18)17-4-8-19(9-5-17)25-12-20(14-29-27)34-31-25/h2-13,15,29H,14H2,1H3. The minimum Gasteiger partial charge on any atom is -0.465 e. The molecule has 34 heavy (non-hydrogen) atoms. The van der Waals surface area contributed by atoms with Gasteiger partial charge in [-0.1, -0.05) is 53.7 Å². The van der Waals surface area contributed by atoms with Crippen LogP contribution in [0.5, 0.6) is 0 Å². The third-order valence-electron chi connectivity index (χ3n) is 5.51. The number of nitrogens with one attached hydrogen (secondary N) is 1. The molecule has 0 saturated carbocycles. The molecule has 0 aliphatic carbocycles. The number of rotatable bonds is 6. The quantitative estimate of drug-likeness (QED) is 0.253. The second-order valence-electron chi connectivity index (χ2n) is 7.58. The van der Waals surface area contributed by atoms with Crippen LogP contribution >= 0.6 is 11.8 Å². The number of hydrogen-bond donors (Lipinski definition) is 1. The van der Waals surface area contributed by atoms with Gasteiger partial charge in [-0.25, -0.2) is 14.6 Å². The molecule has 3 aromatic heterocycles. The Morgan fingerprint density at radius 3 is 2.24 bits per heavy atom. The van der Waals surface area contributed by atoms with Crippen LogP contribution in [0, 0.1) is 0 Å². The number of ether oxygens (including phenoxy) is 1. The Labute approximate surface area is 200 Å². The van der Waals surface area contributed by atoms with Gasteiger partial charge in [-0.2, -0.15) is 0 Å². The van der Waals surface area contributed by atoms with E-state index >= 15 is 0 Å². The van der Waals surface area contributed by atoms with Crippen LogP contribution in [-0.4, -0.2) is 28.2 Å². The summed E-state index contributed by atoms with van der Waals surface area (Å²) in [5.41, 5.74) is 6.54. The molecule has 0 saturated heterocycles. The van der Waals surface area contributed by atoms with Gasteiger partial charge in [-0.05, 0) is 35.0 Å². The highest BCUT2D eigenvalue weighted by atomic mass is 35.5. The predicted molar refractivity (Wildman–Crippen MR) is 130 cm³/mol. The second-order valence-corrected chi connectivity index (χ2v) is 7.85. The van der Waals surface area contributed by atoms with Gasteiger partial charge in [0.15, 0.2) is 5.76 Å². The summed E-state index contributed by atoms with van der Waals surface area (Å²) in [6.45, 7) is 0.406. The molecule has 0 atom stereocenters. The largest absolute Gasteiger partial charge is 0.465 e. The normalized spacial score (nSPS) is 11.0. The Kier molecular flexibility index (Phi) is 6.03. The first-order valence-electron chi connectivity index (χ1n) is 10.5. The molecule has 8 heteroatoms. The number of pyridine rings is 2. The van der Waals surface area contributed by atoms with Crippen LogP contribution in [0.2, 0.25) is 0 Å². The minimum absolute atomic E-state index is 0.406. The maximum atomic E-state index is 12.3. The second kappa shape index (κ2) is 9.43. The Morgan fingerprint density at radius 1 is 0.941 bits per heavy atom. The van der Waals surface area contributed by atoms with Crippen molar-refractivity contribution in [1.82, 2.24) is 20.0 Å². The molecule has 168 valence electrons. The van der Waals surface area contributed by atoms with Gasteiger partial charge < -0.3 is 9.26 Å². The van der Waals surface area contributed by atoms with E-state index in [-0.39, 0.29) is 0 Å². The SMILES string of the molecule is COC(=O)c1cc(-c2ccc(-c3ccc(-c4cc(CNCl)on4)cc3)cc2)nc2ccncc12. The lowest BCUT2D eigenvalue weighted by Gasteiger charge is -2.09. The molecule has 2 aromatic carbocycles. The molecule has 0 unspecified atom stereocenters. The number of methoxy groups -OCH3 is 1. The molecular formula is C26H19ClN4O3. The zero-order valence-electron chi connectivity index (χ0n) is 18.2. The van der Waals surface area contributed by atoms with Crippen LogP contribution in [0.1, 0.15) is 16.1 Å². The van der Waals surface area contributed by atoms with Crippen LogP contribution in [-0.2, 0) is 11.3 Å². The van der Waals surface area contributed by atoms with Crippen molar-refractivity contribution in [2.75, 3.05) is 7.11 Å². The molecular weight excluding hydrogens is 452 g/mol. The van der Waals surface area contributed by atoms with Gasteiger partial charge in [0.05, 0.1) is 30.4 Å². The molecule has 3 heterocycles. The smallest absolute Gasteiger partial charge is 0.338 e. The van der Waals surface area contributed by atoms with E-state index in [0.29, 0.717) is 34.5 Å². The predicted octanol–water partition coefficient (Wildman–Crippen LogP) is 5.65. The van der Waals surface area contributed by atoms with Crippen LogP contribution in [0.4, 0.5) is 0 Å². The van der Waals surface area contributed by atoms with E-state index in [9.17, 15) is 4.79 Å². The van der Waals surface area contributed by atoms with E-state index in [1.807, 2.05) is 54.6 Å². The summed E-state index contributed by atoms with van der Waals surface area (Å²) < 4.78 is 10.2. The topological polar surface area (TPSA) is 90.1 Å². The van der Waals surface area contributed by atoms with E-state index in [0.717, 1.165) is 27.9 Å². The summed E-state index contributed by atoms with van der Waals surface area (Å²) in [4.78, 5) is 23.7. The van der Waals surface area contributed by atoms with Crippen LogP contribution < -0.4 is 4.84 Å². The molecule has 0 fully saturated rings. The fourth-order valence-corrected chi connectivity index (χ4v) is 3.89. The monoisotopic (exact) mass is 470 g/mol. The summed E-state index contributed by atoms with van der Waals surface area (Å²) in [6, 6.07) is 21.5. The summed E-state index contributed by atoms with van der Waals surface area (Å²) in [5.74, 6) is 0.245. The fourth-order valence-electron chi connectivity index (χ4n) is 3.76. The highest BCUT2D eigenvalue weighted by molar-refractivity contribution is 6.13. The maximum Gasteiger partial charge on any atom is 0.338 e. The molecule has 1 N–H and O–H groups in total. The number of nitrogens with zero attached hydrogens (tertiary/aromatic N) is 3. The first-order chi connectivity index (χ1) is 16.7. The fraction of sp³-hybridized carbons (Fsp3) is 0.0769. The maximum absolute atomic E-state index is 12.3. The third kappa shape index (κ3) is 4.26. The number of halogens is 1. The zero-order valence-corrected chi connectivity index (χ0v) is 18.9. The van der Waals surface area contributed by atoms with Crippen LogP contribution in [0.3, 0.4) is 0 Å². The molecule has 0 radical (unpaired) electrons. The van der Waals surface area contributed by atoms with Gasteiger partial charge in [0, 0.05) is 35.0 Å².